The molecular formula is C21H34N2O. The van der Waals surface area contributed by atoms with Crippen molar-refractivity contribution in [2.45, 2.75) is 90.5 Å². The van der Waals surface area contributed by atoms with E-state index in [2.05, 4.69) is 30.5 Å². The molecule has 1 aliphatic rings. The first-order chi connectivity index (χ1) is 11.6. The lowest BCUT2D eigenvalue weighted by Gasteiger charge is -2.20. The number of rotatable bonds is 2. The number of carbonyl (C=O) groups excluding carboxylic acids is 1. The van der Waals surface area contributed by atoms with E-state index < -0.39 is 0 Å². The number of hydrogen-bond acceptors (Lipinski definition) is 1. The van der Waals surface area contributed by atoms with Crippen LogP contribution in [0.2, 0.25) is 0 Å². The van der Waals surface area contributed by atoms with Crippen molar-refractivity contribution in [1.82, 2.24) is 5.32 Å². The Hall–Kier alpha value is -1.51. The van der Waals surface area contributed by atoms with Gasteiger partial charge >= 0.3 is 6.03 Å². The molecule has 0 spiro atoms. The van der Waals surface area contributed by atoms with Crippen molar-refractivity contribution >= 4 is 11.7 Å². The van der Waals surface area contributed by atoms with Crippen LogP contribution in [-0.4, -0.2) is 12.1 Å². The first-order valence-electron chi connectivity index (χ1n) is 9.80. The Bertz CT molecular complexity index is 501. The van der Waals surface area contributed by atoms with Gasteiger partial charge in [0.2, 0.25) is 0 Å². The van der Waals surface area contributed by atoms with Gasteiger partial charge in [-0.05, 0) is 49.9 Å². The summed E-state index contributed by atoms with van der Waals surface area (Å²) in [5, 5.41) is 6.20. The van der Waals surface area contributed by atoms with Crippen molar-refractivity contribution in [1.29, 1.82) is 0 Å². The Morgan fingerprint density at radius 2 is 1.38 bits per heavy atom. The summed E-state index contributed by atoms with van der Waals surface area (Å²) >= 11 is 0. The fraction of sp³-hybridized carbons (Fsp3) is 0.667. The third-order valence-corrected chi connectivity index (χ3v) is 5.21. The molecule has 0 bridgehead atoms. The van der Waals surface area contributed by atoms with Gasteiger partial charge in [0.25, 0.3) is 0 Å². The highest BCUT2D eigenvalue weighted by atomic mass is 16.2. The van der Waals surface area contributed by atoms with Gasteiger partial charge in [-0.2, -0.15) is 0 Å². The summed E-state index contributed by atoms with van der Waals surface area (Å²) in [6.45, 7) is 4.16. The maximum atomic E-state index is 12.3. The van der Waals surface area contributed by atoms with Crippen LogP contribution < -0.4 is 10.6 Å². The fourth-order valence-corrected chi connectivity index (χ4v) is 3.48. The number of benzene rings is 1. The minimum absolute atomic E-state index is 0.0599. The molecule has 1 aliphatic carbocycles. The molecule has 3 nitrogen and oxygen atoms in total. The molecule has 0 radical (unpaired) electrons. The van der Waals surface area contributed by atoms with Crippen molar-refractivity contribution < 1.29 is 4.79 Å². The van der Waals surface area contributed by atoms with Gasteiger partial charge in [0, 0.05) is 11.7 Å². The normalized spacial score (nSPS) is 18.2. The van der Waals surface area contributed by atoms with Gasteiger partial charge in [-0.1, -0.05) is 63.9 Å². The van der Waals surface area contributed by atoms with E-state index >= 15 is 0 Å². The molecular weight excluding hydrogens is 296 g/mol. The van der Waals surface area contributed by atoms with Gasteiger partial charge in [-0.15, -0.1) is 0 Å². The van der Waals surface area contributed by atoms with E-state index in [0.717, 1.165) is 18.5 Å². The van der Waals surface area contributed by atoms with Crippen LogP contribution in [-0.2, 0) is 0 Å². The smallest absolute Gasteiger partial charge is 0.319 e. The monoisotopic (exact) mass is 330 g/mol. The maximum absolute atomic E-state index is 12.3. The average Bonchev–Trinajstić information content (AvgIpc) is 2.53. The van der Waals surface area contributed by atoms with Crippen LogP contribution in [0.4, 0.5) is 10.5 Å². The van der Waals surface area contributed by atoms with Crippen molar-refractivity contribution in [2.24, 2.45) is 0 Å². The van der Waals surface area contributed by atoms with Gasteiger partial charge in [0.1, 0.15) is 0 Å². The van der Waals surface area contributed by atoms with E-state index in [9.17, 15) is 4.79 Å². The summed E-state index contributed by atoms with van der Waals surface area (Å²) in [7, 11) is 0. The molecule has 0 saturated heterocycles. The summed E-state index contributed by atoms with van der Waals surface area (Å²) in [5.74, 6) is 0. The van der Waals surface area contributed by atoms with Gasteiger partial charge in [0.05, 0.1) is 0 Å². The third-order valence-electron chi connectivity index (χ3n) is 5.21. The number of hydrogen-bond donors (Lipinski definition) is 2. The van der Waals surface area contributed by atoms with Gasteiger partial charge < -0.3 is 10.6 Å². The predicted molar refractivity (Wildman–Crippen MR) is 103 cm³/mol. The van der Waals surface area contributed by atoms with E-state index in [1.54, 1.807) is 0 Å². The summed E-state index contributed by atoms with van der Waals surface area (Å²) < 4.78 is 0. The maximum Gasteiger partial charge on any atom is 0.319 e. The third kappa shape index (κ3) is 6.94. The van der Waals surface area contributed by atoms with Gasteiger partial charge in [0.15, 0.2) is 0 Å². The van der Waals surface area contributed by atoms with Crippen LogP contribution in [0.25, 0.3) is 0 Å². The lowest BCUT2D eigenvalue weighted by Crippen LogP contribution is -2.38. The second kappa shape index (κ2) is 10.4. The minimum Gasteiger partial charge on any atom is -0.335 e. The number of carbonyl (C=O) groups is 1. The molecule has 2 N–H and O–H groups in total. The molecule has 0 aromatic heterocycles. The number of urea groups is 1. The molecule has 0 unspecified atom stereocenters. The van der Waals surface area contributed by atoms with Crippen molar-refractivity contribution in [3.05, 3.63) is 29.3 Å². The zero-order valence-corrected chi connectivity index (χ0v) is 15.5. The highest BCUT2D eigenvalue weighted by molar-refractivity contribution is 5.89. The van der Waals surface area contributed by atoms with Gasteiger partial charge in [-0.3, -0.25) is 0 Å². The van der Waals surface area contributed by atoms with Crippen molar-refractivity contribution in [3.8, 4) is 0 Å². The van der Waals surface area contributed by atoms with Crippen molar-refractivity contribution in [2.75, 3.05) is 5.32 Å². The molecule has 134 valence electrons. The number of amides is 2. The number of aryl methyl sites for hydroxylation is 2. The van der Waals surface area contributed by atoms with Crippen LogP contribution >= 0.6 is 0 Å². The fourth-order valence-electron chi connectivity index (χ4n) is 3.48. The standard InChI is InChI=1S/C21H34N2O/c1-17-14-15-20(16-18(17)2)23-21(24)22-19-12-10-8-6-4-3-5-7-9-11-13-19/h14-16,19H,3-13H2,1-2H3,(H2,22,23,24). The van der Waals surface area contributed by atoms with Crippen LogP contribution in [0.1, 0.15) is 81.8 Å². The molecule has 2 rings (SSSR count). The highest BCUT2D eigenvalue weighted by Crippen LogP contribution is 2.18. The van der Waals surface area contributed by atoms with Crippen LogP contribution in [0.3, 0.4) is 0 Å². The zero-order valence-electron chi connectivity index (χ0n) is 15.5. The predicted octanol–water partition coefficient (Wildman–Crippen LogP) is 6.10. The molecule has 1 aromatic rings. The summed E-state index contributed by atoms with van der Waals surface area (Å²) in [4.78, 5) is 12.3. The molecule has 0 aliphatic heterocycles. The molecule has 1 fully saturated rings. The highest BCUT2D eigenvalue weighted by Gasteiger charge is 2.13. The largest absolute Gasteiger partial charge is 0.335 e. The first-order valence-corrected chi connectivity index (χ1v) is 9.80. The quantitative estimate of drug-likeness (QED) is 0.676. The Balaban J connectivity index is 1.83. The SMILES string of the molecule is Cc1ccc(NC(=O)NC2CCCCCCCCCCC2)cc1C. The molecule has 2 amide bonds. The number of anilines is 1. The van der Waals surface area contributed by atoms with E-state index in [1.165, 1.54) is 68.9 Å². The Kier molecular flexibility index (Phi) is 8.14. The molecule has 3 heteroatoms. The molecule has 0 atom stereocenters. The Labute approximate surface area is 147 Å². The minimum atomic E-state index is -0.0599. The Morgan fingerprint density at radius 1 is 0.833 bits per heavy atom. The lowest BCUT2D eigenvalue weighted by molar-refractivity contribution is 0.246. The molecule has 1 saturated carbocycles. The molecule has 0 heterocycles. The number of nitrogens with one attached hydrogen (secondary N) is 2. The van der Waals surface area contributed by atoms with Crippen LogP contribution in [0.15, 0.2) is 18.2 Å². The van der Waals surface area contributed by atoms with Crippen molar-refractivity contribution in [3.63, 3.8) is 0 Å². The van der Waals surface area contributed by atoms with Crippen LogP contribution in [0, 0.1) is 13.8 Å². The van der Waals surface area contributed by atoms with E-state index in [-0.39, 0.29) is 6.03 Å². The summed E-state index contributed by atoms with van der Waals surface area (Å²) in [5.41, 5.74) is 3.34. The Morgan fingerprint density at radius 3 is 1.92 bits per heavy atom. The second-order valence-electron chi connectivity index (χ2n) is 7.35. The summed E-state index contributed by atoms with van der Waals surface area (Å²) in [6, 6.07) is 6.33. The van der Waals surface area contributed by atoms with E-state index in [4.69, 9.17) is 0 Å². The average molecular weight is 331 g/mol. The van der Waals surface area contributed by atoms with E-state index in [1.807, 2.05) is 12.1 Å². The molecule has 24 heavy (non-hydrogen) atoms. The topological polar surface area (TPSA) is 41.1 Å². The molecule has 1 aromatic carbocycles. The lowest BCUT2D eigenvalue weighted by atomic mass is 9.98. The zero-order chi connectivity index (χ0) is 17.2. The van der Waals surface area contributed by atoms with Gasteiger partial charge in [-0.25, -0.2) is 4.79 Å². The van der Waals surface area contributed by atoms with Crippen LogP contribution in [0.5, 0.6) is 0 Å². The summed E-state index contributed by atoms with van der Waals surface area (Å²) in [6.07, 6.45) is 14.2. The first kappa shape index (κ1) is 18.8. The van der Waals surface area contributed by atoms with E-state index in [0.29, 0.717) is 6.04 Å². The second-order valence-corrected chi connectivity index (χ2v) is 7.35.